The zero-order valence-electron chi connectivity index (χ0n) is 11.9. The Morgan fingerprint density at radius 1 is 1.40 bits per heavy atom. The number of aliphatic hydroxyl groups excluding tert-OH is 1. The topological polar surface area (TPSA) is 43.0 Å². The number of aromatic nitrogens is 3. The van der Waals surface area contributed by atoms with E-state index in [1.54, 1.807) is 4.68 Å². The summed E-state index contributed by atoms with van der Waals surface area (Å²) in [5.41, 5.74) is 4.36. The maximum atomic E-state index is 10.2. The Balaban J connectivity index is 1.90. The molecule has 0 aromatic carbocycles. The fourth-order valence-corrected chi connectivity index (χ4v) is 3.25. The van der Waals surface area contributed by atoms with Gasteiger partial charge in [-0.15, -0.1) is 0 Å². The van der Waals surface area contributed by atoms with Gasteiger partial charge in [-0.25, -0.2) is 0 Å². The molecule has 0 bridgehead atoms. The molecular formula is C15H20ClN3O. The molecule has 0 saturated heterocycles. The standard InChI is InChI=1S/C15H20ClN3O/c1-10-12(15(16)18(2)17-10)8-19-7-11-5-3-4-6-14(20)13(11)9-19/h7,9,14,20H,3-6,8H2,1-2H3. The van der Waals surface area contributed by atoms with Gasteiger partial charge in [-0.3, -0.25) is 4.68 Å². The maximum absolute atomic E-state index is 10.2. The van der Waals surface area contributed by atoms with Gasteiger partial charge in [-0.2, -0.15) is 5.10 Å². The van der Waals surface area contributed by atoms with Crippen molar-refractivity contribution in [2.75, 3.05) is 0 Å². The van der Waals surface area contributed by atoms with E-state index >= 15 is 0 Å². The first-order chi connectivity index (χ1) is 9.56. The number of rotatable bonds is 2. The molecule has 1 aliphatic carbocycles. The monoisotopic (exact) mass is 293 g/mol. The lowest BCUT2D eigenvalue weighted by Gasteiger charge is -2.06. The first kappa shape index (κ1) is 13.7. The van der Waals surface area contributed by atoms with Crippen molar-refractivity contribution in [1.82, 2.24) is 14.3 Å². The number of nitrogens with zero attached hydrogens (tertiary/aromatic N) is 3. The predicted molar refractivity (Wildman–Crippen MR) is 79.0 cm³/mol. The smallest absolute Gasteiger partial charge is 0.131 e. The van der Waals surface area contributed by atoms with E-state index in [0.29, 0.717) is 11.7 Å². The van der Waals surface area contributed by atoms with Gasteiger partial charge in [0.2, 0.25) is 0 Å². The highest BCUT2D eigenvalue weighted by molar-refractivity contribution is 6.30. The fraction of sp³-hybridized carbons (Fsp3) is 0.533. The van der Waals surface area contributed by atoms with Crippen molar-refractivity contribution in [2.24, 2.45) is 7.05 Å². The van der Waals surface area contributed by atoms with Crippen LogP contribution >= 0.6 is 11.6 Å². The van der Waals surface area contributed by atoms with Crippen molar-refractivity contribution in [3.63, 3.8) is 0 Å². The summed E-state index contributed by atoms with van der Waals surface area (Å²) in [6.07, 6.45) is 8.06. The minimum atomic E-state index is -0.320. The Hall–Kier alpha value is -1.26. The summed E-state index contributed by atoms with van der Waals surface area (Å²) >= 11 is 6.28. The van der Waals surface area contributed by atoms with Gasteiger partial charge in [0, 0.05) is 30.6 Å². The molecule has 0 saturated carbocycles. The van der Waals surface area contributed by atoms with Crippen molar-refractivity contribution < 1.29 is 5.11 Å². The molecule has 4 nitrogen and oxygen atoms in total. The van der Waals surface area contributed by atoms with Crippen LogP contribution in [0.3, 0.4) is 0 Å². The Morgan fingerprint density at radius 3 is 2.90 bits per heavy atom. The van der Waals surface area contributed by atoms with Crippen molar-refractivity contribution >= 4 is 11.6 Å². The third kappa shape index (κ3) is 2.38. The van der Waals surface area contributed by atoms with Crippen LogP contribution in [-0.4, -0.2) is 19.5 Å². The van der Waals surface area contributed by atoms with Crippen LogP contribution in [0.2, 0.25) is 5.15 Å². The van der Waals surface area contributed by atoms with Crippen LogP contribution in [0, 0.1) is 6.92 Å². The molecule has 5 heteroatoms. The molecule has 0 spiro atoms. The van der Waals surface area contributed by atoms with E-state index in [0.717, 1.165) is 42.5 Å². The Labute approximate surface area is 124 Å². The van der Waals surface area contributed by atoms with Gasteiger partial charge in [0.1, 0.15) is 5.15 Å². The van der Waals surface area contributed by atoms with Crippen LogP contribution in [0.1, 0.15) is 47.8 Å². The molecule has 1 unspecified atom stereocenters. The minimum absolute atomic E-state index is 0.320. The highest BCUT2D eigenvalue weighted by Gasteiger charge is 2.19. The van der Waals surface area contributed by atoms with Crippen LogP contribution in [0.5, 0.6) is 0 Å². The molecule has 2 aromatic rings. The summed E-state index contributed by atoms with van der Waals surface area (Å²) in [5.74, 6) is 0. The summed E-state index contributed by atoms with van der Waals surface area (Å²) in [6, 6.07) is 0. The van der Waals surface area contributed by atoms with Gasteiger partial charge in [-0.1, -0.05) is 18.0 Å². The molecular weight excluding hydrogens is 274 g/mol. The number of aliphatic hydroxyl groups is 1. The van der Waals surface area contributed by atoms with E-state index in [-0.39, 0.29) is 6.10 Å². The van der Waals surface area contributed by atoms with Crippen molar-refractivity contribution in [3.8, 4) is 0 Å². The van der Waals surface area contributed by atoms with Gasteiger partial charge in [0.05, 0.1) is 18.3 Å². The van der Waals surface area contributed by atoms with Crippen LogP contribution in [0.15, 0.2) is 12.4 Å². The third-order valence-corrected chi connectivity index (χ3v) is 4.61. The fourth-order valence-electron chi connectivity index (χ4n) is 3.02. The molecule has 0 fully saturated rings. The third-order valence-electron chi connectivity index (χ3n) is 4.14. The van der Waals surface area contributed by atoms with E-state index in [2.05, 4.69) is 22.1 Å². The Morgan fingerprint density at radius 2 is 2.20 bits per heavy atom. The van der Waals surface area contributed by atoms with E-state index in [1.165, 1.54) is 5.56 Å². The number of halogens is 1. The summed E-state index contributed by atoms with van der Waals surface area (Å²) in [7, 11) is 1.85. The van der Waals surface area contributed by atoms with Crippen LogP contribution in [-0.2, 0) is 20.0 Å². The minimum Gasteiger partial charge on any atom is -0.388 e. The molecule has 2 heterocycles. The van der Waals surface area contributed by atoms with Crippen molar-refractivity contribution in [2.45, 2.75) is 45.3 Å². The molecule has 0 aliphatic heterocycles. The van der Waals surface area contributed by atoms with Crippen molar-refractivity contribution in [3.05, 3.63) is 39.9 Å². The molecule has 1 atom stereocenters. The number of hydrogen-bond acceptors (Lipinski definition) is 2. The van der Waals surface area contributed by atoms with Crippen LogP contribution in [0.4, 0.5) is 0 Å². The van der Waals surface area contributed by atoms with E-state index in [1.807, 2.05) is 14.0 Å². The lowest BCUT2D eigenvalue weighted by Crippen LogP contribution is -1.99. The Kier molecular flexibility index (Phi) is 3.61. The molecule has 0 amide bonds. The average molecular weight is 294 g/mol. The first-order valence-corrected chi connectivity index (χ1v) is 7.48. The lowest BCUT2D eigenvalue weighted by atomic mass is 10.1. The van der Waals surface area contributed by atoms with Gasteiger partial charge in [0.25, 0.3) is 0 Å². The highest BCUT2D eigenvalue weighted by Crippen LogP contribution is 2.30. The number of hydrogen-bond donors (Lipinski definition) is 1. The summed E-state index contributed by atoms with van der Waals surface area (Å²) in [4.78, 5) is 0. The summed E-state index contributed by atoms with van der Waals surface area (Å²) < 4.78 is 3.82. The quantitative estimate of drug-likeness (QED) is 0.865. The largest absolute Gasteiger partial charge is 0.388 e. The van der Waals surface area contributed by atoms with Gasteiger partial charge in [0.15, 0.2) is 0 Å². The molecule has 0 radical (unpaired) electrons. The highest BCUT2D eigenvalue weighted by atomic mass is 35.5. The first-order valence-electron chi connectivity index (χ1n) is 7.11. The molecule has 108 valence electrons. The Bertz CT molecular complexity index is 629. The predicted octanol–water partition coefficient (Wildman–Crippen LogP) is 2.99. The van der Waals surface area contributed by atoms with Crippen LogP contribution in [0.25, 0.3) is 0 Å². The van der Waals surface area contributed by atoms with Gasteiger partial charge in [-0.05, 0) is 31.7 Å². The van der Waals surface area contributed by atoms with Gasteiger partial charge >= 0.3 is 0 Å². The summed E-state index contributed by atoms with van der Waals surface area (Å²) in [5, 5.41) is 15.2. The summed E-state index contributed by atoms with van der Waals surface area (Å²) in [6.45, 7) is 2.68. The second-order valence-corrected chi connectivity index (χ2v) is 6.01. The second kappa shape index (κ2) is 5.26. The van der Waals surface area contributed by atoms with E-state index in [4.69, 9.17) is 11.6 Å². The molecule has 2 aromatic heterocycles. The normalized spacial score (nSPS) is 18.9. The van der Waals surface area contributed by atoms with E-state index < -0.39 is 0 Å². The lowest BCUT2D eigenvalue weighted by molar-refractivity contribution is 0.166. The zero-order chi connectivity index (χ0) is 14.3. The molecule has 20 heavy (non-hydrogen) atoms. The molecule has 1 N–H and O–H groups in total. The zero-order valence-corrected chi connectivity index (χ0v) is 12.7. The van der Waals surface area contributed by atoms with Gasteiger partial charge < -0.3 is 9.67 Å². The average Bonchev–Trinajstić information content (AvgIpc) is 2.86. The van der Waals surface area contributed by atoms with E-state index in [9.17, 15) is 5.11 Å². The number of fused-ring (bicyclic) bond motifs is 1. The number of aryl methyl sites for hydroxylation is 3. The second-order valence-electron chi connectivity index (χ2n) is 5.65. The van der Waals surface area contributed by atoms with Crippen molar-refractivity contribution in [1.29, 1.82) is 0 Å². The SMILES string of the molecule is Cc1nn(C)c(Cl)c1Cn1cc2c(c1)C(O)CCCC2. The molecule has 3 rings (SSSR count). The van der Waals surface area contributed by atoms with Crippen LogP contribution < -0.4 is 0 Å². The maximum Gasteiger partial charge on any atom is 0.131 e. The molecule has 1 aliphatic rings.